The number of methoxy groups -OCH3 is 1. The minimum atomic E-state index is -1.44. The van der Waals surface area contributed by atoms with Crippen LogP contribution in [-0.4, -0.2) is 66.3 Å². The van der Waals surface area contributed by atoms with Crippen molar-refractivity contribution in [2.24, 2.45) is 20.0 Å². The average molecular weight is 656 g/mol. The molecule has 3 aromatic heterocycles. The third kappa shape index (κ3) is 6.68. The number of ether oxygens (including phenoxy) is 2. The number of benzene rings is 1. The van der Waals surface area contributed by atoms with Gasteiger partial charge in [0.1, 0.15) is 11.7 Å². The van der Waals surface area contributed by atoms with E-state index < -0.39 is 11.9 Å². The minimum absolute atomic E-state index is 0.100. The van der Waals surface area contributed by atoms with Crippen molar-refractivity contribution in [3.63, 3.8) is 0 Å². The molecule has 4 heterocycles. The van der Waals surface area contributed by atoms with E-state index in [0.717, 1.165) is 48.3 Å². The Bertz CT molecular complexity index is 1930. The van der Waals surface area contributed by atoms with Gasteiger partial charge in [-0.3, -0.25) is 14.8 Å². The minimum Gasteiger partial charge on any atom is -0.542 e. The third-order valence-electron chi connectivity index (χ3n) is 8.54. The number of carbonyl (C=O) groups is 3. The maximum Gasteiger partial charge on any atom is 0.273 e. The van der Waals surface area contributed by atoms with Crippen LogP contribution >= 0.6 is 0 Å². The summed E-state index contributed by atoms with van der Waals surface area (Å²) in [7, 11) is 4.80. The Balaban J connectivity index is 1.01. The van der Waals surface area contributed by atoms with Crippen LogP contribution in [0.2, 0.25) is 0 Å². The van der Waals surface area contributed by atoms with Crippen molar-refractivity contribution in [1.29, 1.82) is 0 Å². The van der Waals surface area contributed by atoms with E-state index >= 15 is 0 Å². The van der Waals surface area contributed by atoms with Gasteiger partial charge in [-0.15, -0.1) is 0 Å². The predicted molar refractivity (Wildman–Crippen MR) is 173 cm³/mol. The van der Waals surface area contributed by atoms with E-state index in [4.69, 9.17) is 9.47 Å². The summed E-state index contributed by atoms with van der Waals surface area (Å²) in [5.41, 5.74) is 4.26. The molecule has 4 aromatic rings. The first-order chi connectivity index (χ1) is 23.1. The van der Waals surface area contributed by atoms with Gasteiger partial charge in [-0.05, 0) is 55.5 Å². The second-order valence-corrected chi connectivity index (χ2v) is 11.9. The van der Waals surface area contributed by atoms with Gasteiger partial charge in [0.15, 0.2) is 28.8 Å². The maximum absolute atomic E-state index is 12.9. The van der Waals surface area contributed by atoms with Crippen LogP contribution < -0.4 is 25.2 Å². The number of carboxylic acid groups (broad SMARTS) is 1. The Labute approximate surface area is 276 Å². The fraction of sp³-hybridized carbons (Fsp3) is 0.324. The van der Waals surface area contributed by atoms with Gasteiger partial charge in [-0.25, -0.2) is 4.98 Å². The third-order valence-corrected chi connectivity index (χ3v) is 8.54. The Morgan fingerprint density at radius 1 is 1.08 bits per heavy atom. The van der Waals surface area contributed by atoms with Crippen molar-refractivity contribution in [3.05, 3.63) is 77.9 Å². The number of nitrogens with zero attached hydrogens (tertiary/aromatic N) is 5. The summed E-state index contributed by atoms with van der Waals surface area (Å²) in [6, 6.07) is 8.99. The number of imidazole rings is 1. The number of carboxylic acids is 1. The number of fused-ring (bicyclic) bond motifs is 2. The first-order valence-electron chi connectivity index (χ1n) is 15.7. The quantitative estimate of drug-likeness (QED) is 0.126. The van der Waals surface area contributed by atoms with Crippen LogP contribution in [-0.2, 0) is 25.4 Å². The number of nitrogens with one attached hydrogen (secondary N) is 2. The van der Waals surface area contributed by atoms with E-state index in [1.807, 2.05) is 22.9 Å². The molecule has 0 spiro atoms. The highest BCUT2D eigenvalue weighted by atomic mass is 16.5. The van der Waals surface area contributed by atoms with Gasteiger partial charge in [-0.1, -0.05) is 12.1 Å². The lowest BCUT2D eigenvalue weighted by Gasteiger charge is -2.17. The molecule has 6 rings (SSSR count). The number of aromatic nitrogens is 4. The Morgan fingerprint density at radius 3 is 2.60 bits per heavy atom. The zero-order valence-electron chi connectivity index (χ0n) is 26.9. The monoisotopic (exact) mass is 655 g/mol. The molecule has 0 radical (unpaired) electrons. The van der Waals surface area contributed by atoms with E-state index in [2.05, 4.69) is 21.7 Å². The van der Waals surface area contributed by atoms with Crippen LogP contribution in [0, 0.1) is 5.92 Å². The predicted octanol–water partition coefficient (Wildman–Crippen LogP) is 3.17. The molecule has 250 valence electrons. The van der Waals surface area contributed by atoms with Crippen LogP contribution in [0.5, 0.6) is 11.5 Å². The van der Waals surface area contributed by atoms with E-state index in [1.54, 1.807) is 49.3 Å². The molecule has 2 aliphatic rings. The standard InChI is InChI=1S/C34H37N7O7/c1-38-16-23(15-26(38)33(43)37-29-20-39(2)32(36-29)34(44)45)21-10-12-24(13-11-21)35-30(42)9-6-14-48-28-19-40-17-22-7-4-5-8-25(22)41(46)18-27(40)31(28)47-3/h8,10-13,15-16,18-20,22H,4-7,9,14,17H2,1-3H3,(H3-,35,37,42,43,44,45,46). The number of anilines is 2. The van der Waals surface area contributed by atoms with E-state index in [-0.39, 0.29) is 29.9 Å². The van der Waals surface area contributed by atoms with Crippen LogP contribution in [0.3, 0.4) is 0 Å². The van der Waals surface area contributed by atoms with Gasteiger partial charge >= 0.3 is 0 Å². The van der Waals surface area contributed by atoms with Gasteiger partial charge in [0.2, 0.25) is 17.8 Å². The molecule has 0 saturated heterocycles. The smallest absolute Gasteiger partial charge is 0.273 e. The second-order valence-electron chi connectivity index (χ2n) is 11.9. The normalized spacial score (nSPS) is 15.4. The summed E-state index contributed by atoms with van der Waals surface area (Å²) >= 11 is 0. The van der Waals surface area contributed by atoms with Crippen LogP contribution in [0.15, 0.2) is 60.7 Å². The number of carbonyl (C=O) groups excluding carboxylic acids is 3. The van der Waals surface area contributed by atoms with Gasteiger partial charge in [0.05, 0.1) is 25.8 Å². The van der Waals surface area contributed by atoms with Crippen molar-refractivity contribution in [3.8, 4) is 22.6 Å². The van der Waals surface area contributed by atoms with Crippen LogP contribution in [0.25, 0.3) is 11.1 Å². The molecule has 1 aromatic carbocycles. The fourth-order valence-corrected chi connectivity index (χ4v) is 6.17. The lowest BCUT2D eigenvalue weighted by molar-refractivity contribution is -0.739. The summed E-state index contributed by atoms with van der Waals surface area (Å²) in [5, 5.41) is 27.3. The second kappa shape index (κ2) is 13.5. The summed E-state index contributed by atoms with van der Waals surface area (Å²) in [6.07, 6.45) is 12.6. The number of aryl methyl sites for hydroxylation is 2. The van der Waals surface area contributed by atoms with Gasteiger partial charge in [0.25, 0.3) is 5.91 Å². The molecule has 1 unspecified atom stereocenters. The summed E-state index contributed by atoms with van der Waals surface area (Å²) in [4.78, 5) is 40.5. The highest BCUT2D eigenvalue weighted by Gasteiger charge is 2.34. The van der Waals surface area contributed by atoms with E-state index in [1.165, 1.54) is 22.6 Å². The summed E-state index contributed by atoms with van der Waals surface area (Å²) < 4.78 is 17.8. The highest BCUT2D eigenvalue weighted by Crippen LogP contribution is 2.37. The Morgan fingerprint density at radius 2 is 1.88 bits per heavy atom. The average Bonchev–Trinajstić information content (AvgIpc) is 3.71. The molecule has 3 N–H and O–H groups in total. The number of hydroxylamine groups is 1. The molecule has 48 heavy (non-hydrogen) atoms. The van der Waals surface area contributed by atoms with Crippen LogP contribution in [0.4, 0.5) is 11.5 Å². The van der Waals surface area contributed by atoms with Crippen LogP contribution in [0.1, 0.15) is 58.9 Å². The lowest BCUT2D eigenvalue weighted by atomic mass is 9.92. The Hall–Kier alpha value is -5.79. The maximum atomic E-state index is 12.9. The molecule has 0 bridgehead atoms. The zero-order chi connectivity index (χ0) is 33.9. The number of amides is 2. The molecule has 0 saturated carbocycles. The number of allylic oxidation sites excluding steroid dienone is 2. The number of rotatable bonds is 11. The molecule has 14 nitrogen and oxygen atoms in total. The molecule has 1 atom stereocenters. The summed E-state index contributed by atoms with van der Waals surface area (Å²) in [6.45, 7) is 1.03. The molecule has 14 heteroatoms. The molecule has 2 amide bonds. The summed E-state index contributed by atoms with van der Waals surface area (Å²) in [5.74, 6) is -0.899. The molecule has 1 aliphatic carbocycles. The van der Waals surface area contributed by atoms with E-state index in [0.29, 0.717) is 35.9 Å². The molecular formula is C34H37N7O7. The zero-order valence-corrected chi connectivity index (χ0v) is 26.9. The largest absolute Gasteiger partial charge is 0.542 e. The van der Waals surface area contributed by atoms with E-state index in [9.17, 15) is 24.7 Å². The number of hydrogen-bond acceptors (Lipinski definition) is 8. The SMILES string of the molecule is COc1c(OCCCC(=O)Nc2ccc(-c3cc(C(=O)Nc4cn(C)c(C(=O)[O-])n4)n(C)c3)cc2)cn2c1C=[N+](O)C1=CCCCC1C2. The number of aromatic carboxylic acids is 1. The molecule has 1 aliphatic heterocycles. The van der Waals surface area contributed by atoms with Crippen molar-refractivity contribution in [1.82, 2.24) is 18.7 Å². The van der Waals surface area contributed by atoms with Gasteiger partial charge in [-0.2, -0.15) is 0 Å². The Kier molecular flexibility index (Phi) is 9.06. The first-order valence-corrected chi connectivity index (χ1v) is 15.7. The van der Waals surface area contributed by atoms with Gasteiger partial charge < -0.3 is 43.7 Å². The highest BCUT2D eigenvalue weighted by molar-refractivity contribution is 6.03. The van der Waals surface area contributed by atoms with Crippen molar-refractivity contribution >= 4 is 35.5 Å². The van der Waals surface area contributed by atoms with Crippen molar-refractivity contribution in [2.45, 2.75) is 38.6 Å². The van der Waals surface area contributed by atoms with Crippen molar-refractivity contribution < 1.29 is 38.9 Å². The van der Waals surface area contributed by atoms with Crippen molar-refractivity contribution in [2.75, 3.05) is 24.4 Å². The topological polar surface area (TPSA) is 168 Å². The molecule has 0 fully saturated rings. The lowest BCUT2D eigenvalue weighted by Crippen LogP contribution is -2.25. The number of hydrogen-bond donors (Lipinski definition) is 3. The molecular weight excluding hydrogens is 618 g/mol. The first kappa shape index (κ1) is 32.2. The fourth-order valence-electron chi connectivity index (χ4n) is 6.17. The van der Waals surface area contributed by atoms with Gasteiger partial charge in [0, 0.05) is 55.4 Å².